The van der Waals surface area contributed by atoms with Crippen LogP contribution in [-0.2, 0) is 14.3 Å². The van der Waals surface area contributed by atoms with Crippen molar-refractivity contribution in [3.8, 4) is 0 Å². The number of rotatable bonds is 4. The third kappa shape index (κ3) is 4.11. The average Bonchev–Trinajstić information content (AvgIpc) is 2.26. The van der Waals surface area contributed by atoms with Gasteiger partial charge in [0.25, 0.3) is 5.24 Å². The number of halogens is 3. The van der Waals surface area contributed by atoms with Crippen molar-refractivity contribution in [1.29, 1.82) is 0 Å². The molecule has 0 N–H and O–H groups in total. The zero-order chi connectivity index (χ0) is 12.1. The van der Waals surface area contributed by atoms with E-state index in [9.17, 15) is 9.59 Å². The summed E-state index contributed by atoms with van der Waals surface area (Å²) in [6.45, 7) is 0. The van der Waals surface area contributed by atoms with Gasteiger partial charge in [-0.25, -0.2) is 4.79 Å². The number of hydrogen-bond acceptors (Lipinski definition) is 3. The predicted molar refractivity (Wildman–Crippen MR) is 62.8 cm³/mol. The highest BCUT2D eigenvalue weighted by Crippen LogP contribution is 2.29. The minimum atomic E-state index is -1.28. The lowest BCUT2D eigenvalue weighted by molar-refractivity contribution is -0.154. The number of hydrogen-bond donors (Lipinski definition) is 0. The van der Waals surface area contributed by atoms with Gasteiger partial charge >= 0.3 is 5.97 Å². The van der Waals surface area contributed by atoms with Crippen LogP contribution in [0, 0.1) is 5.92 Å². The van der Waals surface area contributed by atoms with E-state index in [-0.39, 0.29) is 5.92 Å². The normalized spacial score (nSPS) is 19.5. The van der Waals surface area contributed by atoms with E-state index >= 15 is 0 Å². The van der Waals surface area contributed by atoms with E-state index < -0.39 is 22.2 Å². The molecule has 1 aliphatic rings. The third-order valence-corrected chi connectivity index (χ3v) is 3.29. The lowest BCUT2D eigenvalue weighted by Crippen LogP contribution is -2.34. The van der Waals surface area contributed by atoms with Crippen molar-refractivity contribution >= 4 is 46.0 Å². The van der Waals surface area contributed by atoms with Crippen LogP contribution in [0.3, 0.4) is 0 Å². The van der Waals surface area contributed by atoms with E-state index in [0.29, 0.717) is 0 Å². The molecule has 0 heterocycles. The summed E-state index contributed by atoms with van der Waals surface area (Å²) in [4.78, 5) is 21.1. The van der Waals surface area contributed by atoms with E-state index in [1.54, 1.807) is 0 Å². The maximum absolute atomic E-state index is 11.2. The first kappa shape index (κ1) is 14.1. The molecule has 0 spiro atoms. The van der Waals surface area contributed by atoms with Gasteiger partial charge in [-0.2, -0.15) is 0 Å². The lowest BCUT2D eigenvalue weighted by Gasteiger charge is -2.27. The van der Waals surface area contributed by atoms with Crippen molar-refractivity contribution in [2.24, 2.45) is 5.92 Å². The summed E-state index contributed by atoms with van der Waals surface area (Å²) in [5.74, 6) is -0.817. The molecule has 16 heavy (non-hydrogen) atoms. The first-order chi connectivity index (χ1) is 7.52. The van der Waals surface area contributed by atoms with Crippen molar-refractivity contribution in [3.63, 3.8) is 0 Å². The molecule has 0 aromatic heterocycles. The van der Waals surface area contributed by atoms with Crippen molar-refractivity contribution in [1.82, 2.24) is 0 Å². The second-order valence-electron chi connectivity index (χ2n) is 3.86. The Labute approximate surface area is 109 Å². The Hall–Kier alpha value is 0.01000. The molecule has 0 aliphatic heterocycles. The number of carbonyl (C=O) groups is 2. The molecule has 0 aromatic rings. The summed E-state index contributed by atoms with van der Waals surface area (Å²) in [6, 6.07) is 0. The molecule has 92 valence electrons. The highest BCUT2D eigenvalue weighted by molar-refractivity contribution is 6.64. The number of alkyl halides is 2. The largest absolute Gasteiger partial charge is 0.451 e. The third-order valence-electron chi connectivity index (χ3n) is 2.72. The van der Waals surface area contributed by atoms with Crippen LogP contribution in [0.2, 0.25) is 0 Å². The SMILES string of the molecule is O=C(OC(C(=O)Cl)C1CCCCC1)C(Cl)Cl. The molecule has 3 nitrogen and oxygen atoms in total. The Kier molecular flexibility index (Phi) is 5.87. The summed E-state index contributed by atoms with van der Waals surface area (Å²) in [5, 5.41) is -0.658. The van der Waals surface area contributed by atoms with Crippen molar-refractivity contribution < 1.29 is 14.3 Å². The molecule has 0 bridgehead atoms. The fraction of sp³-hybridized carbons (Fsp3) is 0.800. The monoisotopic (exact) mass is 286 g/mol. The van der Waals surface area contributed by atoms with E-state index in [0.717, 1.165) is 32.1 Å². The summed E-state index contributed by atoms with van der Waals surface area (Å²) in [6.07, 6.45) is 3.95. The minimum absolute atomic E-state index is 0.00483. The van der Waals surface area contributed by atoms with Crippen molar-refractivity contribution in [2.75, 3.05) is 0 Å². The predicted octanol–water partition coefficient (Wildman–Crippen LogP) is 3.05. The number of ether oxygens (including phenoxy) is 1. The summed E-state index contributed by atoms with van der Waals surface area (Å²) in [7, 11) is 0. The smallest absolute Gasteiger partial charge is 0.340 e. The van der Waals surface area contributed by atoms with E-state index in [4.69, 9.17) is 39.5 Å². The summed E-state index contributed by atoms with van der Waals surface area (Å²) in [5.41, 5.74) is 0. The van der Waals surface area contributed by atoms with Gasteiger partial charge in [-0.3, -0.25) is 4.79 Å². The van der Waals surface area contributed by atoms with Gasteiger partial charge in [-0.15, -0.1) is 0 Å². The van der Waals surface area contributed by atoms with Gasteiger partial charge < -0.3 is 4.74 Å². The second kappa shape index (κ2) is 6.67. The van der Waals surface area contributed by atoms with Gasteiger partial charge in [0.1, 0.15) is 0 Å². The van der Waals surface area contributed by atoms with Crippen LogP contribution in [0.25, 0.3) is 0 Å². The van der Waals surface area contributed by atoms with E-state index in [2.05, 4.69) is 0 Å². The maximum Gasteiger partial charge on any atom is 0.340 e. The molecule has 0 radical (unpaired) electrons. The molecule has 6 heteroatoms. The Morgan fingerprint density at radius 1 is 1.12 bits per heavy atom. The lowest BCUT2D eigenvalue weighted by atomic mass is 9.85. The molecule has 1 unspecified atom stereocenters. The zero-order valence-corrected chi connectivity index (χ0v) is 10.9. The van der Waals surface area contributed by atoms with E-state index in [1.165, 1.54) is 0 Å². The van der Waals surface area contributed by atoms with E-state index in [1.807, 2.05) is 0 Å². The highest BCUT2D eigenvalue weighted by atomic mass is 35.5. The molecule has 0 saturated heterocycles. The summed E-state index contributed by atoms with van der Waals surface area (Å²) >= 11 is 16.1. The second-order valence-corrected chi connectivity index (χ2v) is 5.33. The van der Waals surface area contributed by atoms with Gasteiger partial charge in [0, 0.05) is 5.92 Å². The van der Waals surface area contributed by atoms with Crippen LogP contribution < -0.4 is 0 Å². The van der Waals surface area contributed by atoms with Crippen LogP contribution in [0.5, 0.6) is 0 Å². The van der Waals surface area contributed by atoms with Crippen molar-refractivity contribution in [2.45, 2.75) is 43.0 Å². The van der Waals surface area contributed by atoms with Crippen LogP contribution in [-0.4, -0.2) is 22.2 Å². The van der Waals surface area contributed by atoms with Crippen LogP contribution >= 0.6 is 34.8 Å². The van der Waals surface area contributed by atoms with Gasteiger partial charge in [-0.05, 0) is 24.4 Å². The molecule has 1 saturated carbocycles. The molecule has 1 atom stereocenters. The van der Waals surface area contributed by atoms with Crippen LogP contribution in [0.1, 0.15) is 32.1 Å². The van der Waals surface area contributed by atoms with Crippen LogP contribution in [0.15, 0.2) is 0 Å². The minimum Gasteiger partial charge on any atom is -0.451 e. The van der Waals surface area contributed by atoms with Gasteiger partial charge in [-0.1, -0.05) is 42.5 Å². The molecule has 1 rings (SSSR count). The van der Waals surface area contributed by atoms with Gasteiger partial charge in [0.15, 0.2) is 6.10 Å². The Morgan fingerprint density at radius 2 is 1.69 bits per heavy atom. The average molecular weight is 288 g/mol. The van der Waals surface area contributed by atoms with Crippen molar-refractivity contribution in [3.05, 3.63) is 0 Å². The standard InChI is InChI=1S/C10H13Cl3O3/c11-8(12)10(15)16-7(9(13)14)6-4-2-1-3-5-6/h6-8H,1-5H2. The Morgan fingerprint density at radius 3 is 2.12 bits per heavy atom. The highest BCUT2D eigenvalue weighted by Gasteiger charge is 2.33. The molecule has 1 aliphatic carbocycles. The Bertz CT molecular complexity index is 262. The Balaban J connectivity index is 2.59. The number of esters is 1. The molecule has 0 amide bonds. The molecule has 1 fully saturated rings. The zero-order valence-electron chi connectivity index (χ0n) is 8.63. The molecular weight excluding hydrogens is 274 g/mol. The van der Waals surface area contributed by atoms with Gasteiger partial charge in [0.2, 0.25) is 4.84 Å². The number of carbonyl (C=O) groups excluding carboxylic acids is 2. The summed E-state index contributed by atoms with van der Waals surface area (Å²) < 4.78 is 4.93. The quantitative estimate of drug-likeness (QED) is 0.453. The topological polar surface area (TPSA) is 43.4 Å². The fourth-order valence-corrected chi connectivity index (χ4v) is 2.27. The van der Waals surface area contributed by atoms with Crippen LogP contribution in [0.4, 0.5) is 0 Å². The first-order valence-electron chi connectivity index (χ1n) is 5.20. The maximum atomic E-state index is 11.2. The molecular formula is C10H13Cl3O3. The fourth-order valence-electron chi connectivity index (χ4n) is 1.94. The van der Waals surface area contributed by atoms with Gasteiger partial charge in [0.05, 0.1) is 0 Å². The first-order valence-corrected chi connectivity index (χ1v) is 6.45. The molecule has 0 aromatic carbocycles.